The third kappa shape index (κ3) is 3.93. The quantitative estimate of drug-likeness (QED) is 0.464. The molecule has 0 saturated heterocycles. The molecule has 0 radical (unpaired) electrons. The van der Waals surface area contributed by atoms with Crippen LogP contribution in [0.4, 0.5) is 20.4 Å². The summed E-state index contributed by atoms with van der Waals surface area (Å²) in [5.41, 5.74) is 1.93. The van der Waals surface area contributed by atoms with Crippen LogP contribution in [-0.4, -0.2) is 37.5 Å². The zero-order valence-corrected chi connectivity index (χ0v) is 17.9. The van der Waals surface area contributed by atoms with Gasteiger partial charge in [0, 0.05) is 43.2 Å². The number of aryl methyl sites for hydroxylation is 1. The molecule has 0 aliphatic heterocycles. The van der Waals surface area contributed by atoms with Crippen LogP contribution in [0.3, 0.4) is 0 Å². The minimum Gasteiger partial charge on any atom is -0.373 e. The number of carbonyl (C=O) groups excluding carboxylic acids is 1. The highest BCUT2D eigenvalue weighted by atomic mass is 19.3. The number of fused-ring (bicyclic) bond motifs is 2. The molecule has 0 unspecified atom stereocenters. The molecule has 4 aromatic rings. The second-order valence-corrected chi connectivity index (χ2v) is 7.79. The summed E-state index contributed by atoms with van der Waals surface area (Å²) in [5.74, 6) is 6.84. The summed E-state index contributed by atoms with van der Waals surface area (Å²) in [6.07, 6.45) is 3.83. The molecule has 1 amide bonds. The maximum Gasteiger partial charge on any atom is 0.295 e. The highest BCUT2D eigenvalue weighted by molar-refractivity contribution is 5.99. The van der Waals surface area contributed by atoms with E-state index in [4.69, 9.17) is 0 Å². The highest BCUT2D eigenvalue weighted by Crippen LogP contribution is 2.31. The highest BCUT2D eigenvalue weighted by Gasteiger charge is 2.29. The molecular weight excluding hydrogens is 428 g/mol. The molecule has 0 atom stereocenters. The molecule has 166 valence electrons. The number of nitrogens with one attached hydrogen (secondary N) is 2. The Labute approximate surface area is 187 Å². The first kappa shape index (κ1) is 20.8. The maximum absolute atomic E-state index is 13.1. The lowest BCUT2D eigenvalue weighted by Gasteiger charge is -2.09. The van der Waals surface area contributed by atoms with E-state index in [1.807, 2.05) is 0 Å². The topological polar surface area (TPSA) is 97.6 Å². The average Bonchev–Trinajstić information content (AvgIpc) is 3.61. The fourth-order valence-corrected chi connectivity index (χ4v) is 3.59. The molecule has 0 spiro atoms. The summed E-state index contributed by atoms with van der Waals surface area (Å²) in [7, 11) is 3.29. The van der Waals surface area contributed by atoms with E-state index < -0.39 is 6.43 Å². The van der Waals surface area contributed by atoms with E-state index in [0.717, 1.165) is 23.6 Å². The first-order valence-corrected chi connectivity index (χ1v) is 10.3. The predicted molar refractivity (Wildman–Crippen MR) is 120 cm³/mol. The van der Waals surface area contributed by atoms with Crippen LogP contribution in [0.5, 0.6) is 0 Å². The Balaban J connectivity index is 1.54. The number of rotatable bonds is 4. The minimum atomic E-state index is -2.68. The second kappa shape index (κ2) is 8.09. The number of hydrogen-bond acceptors (Lipinski definition) is 6. The number of amides is 1. The third-order valence-electron chi connectivity index (χ3n) is 5.53. The van der Waals surface area contributed by atoms with Crippen LogP contribution in [0, 0.1) is 17.8 Å². The minimum absolute atomic E-state index is 0.0331. The van der Waals surface area contributed by atoms with E-state index in [0.29, 0.717) is 33.9 Å². The standard InChI is InChI=1S/C23H19F2N7O/c1-26-21-16-10-28-19(31-23(33)12-3-4-12)8-15(16)13(9-29-21)5-6-14-7-18-17(11-27-14)30-22(20(24)25)32(18)2/h7-12,20H,3-4H2,1-2H3,(H,26,29)(H,28,31,33). The molecule has 4 aromatic heterocycles. The normalized spacial score (nSPS) is 13.2. The summed E-state index contributed by atoms with van der Waals surface area (Å²) in [6, 6.07) is 3.40. The Morgan fingerprint density at radius 1 is 1.12 bits per heavy atom. The van der Waals surface area contributed by atoms with Crippen molar-refractivity contribution in [2.45, 2.75) is 19.3 Å². The Kier molecular flexibility index (Phi) is 5.09. The average molecular weight is 447 g/mol. The van der Waals surface area contributed by atoms with Crippen molar-refractivity contribution in [2.24, 2.45) is 13.0 Å². The molecule has 33 heavy (non-hydrogen) atoms. The first-order chi connectivity index (χ1) is 15.9. The van der Waals surface area contributed by atoms with Gasteiger partial charge in [-0.15, -0.1) is 0 Å². The second-order valence-electron chi connectivity index (χ2n) is 7.79. The van der Waals surface area contributed by atoms with Gasteiger partial charge >= 0.3 is 0 Å². The van der Waals surface area contributed by atoms with Gasteiger partial charge in [-0.05, 0) is 30.9 Å². The number of hydrogen-bond donors (Lipinski definition) is 2. The van der Waals surface area contributed by atoms with E-state index in [1.165, 1.54) is 17.8 Å². The van der Waals surface area contributed by atoms with Gasteiger partial charge in [-0.25, -0.2) is 28.7 Å². The summed E-state index contributed by atoms with van der Waals surface area (Å²) in [5, 5.41) is 7.40. The van der Waals surface area contributed by atoms with Crippen molar-refractivity contribution in [2.75, 3.05) is 17.7 Å². The zero-order valence-electron chi connectivity index (χ0n) is 17.9. The number of halogens is 2. The summed E-state index contributed by atoms with van der Waals surface area (Å²) in [4.78, 5) is 29.0. The molecule has 1 aliphatic carbocycles. The Morgan fingerprint density at radius 3 is 2.67 bits per heavy atom. The van der Waals surface area contributed by atoms with Crippen molar-refractivity contribution in [3.05, 3.63) is 47.8 Å². The number of carbonyl (C=O) groups is 1. The van der Waals surface area contributed by atoms with E-state index >= 15 is 0 Å². The van der Waals surface area contributed by atoms with E-state index in [9.17, 15) is 13.6 Å². The van der Waals surface area contributed by atoms with Crippen LogP contribution in [0.25, 0.3) is 21.8 Å². The molecule has 1 saturated carbocycles. The van der Waals surface area contributed by atoms with Crippen LogP contribution >= 0.6 is 0 Å². The monoisotopic (exact) mass is 447 g/mol. The van der Waals surface area contributed by atoms with Gasteiger partial charge in [-0.2, -0.15) is 0 Å². The maximum atomic E-state index is 13.1. The predicted octanol–water partition coefficient (Wildman–Crippen LogP) is 3.64. The molecule has 0 aromatic carbocycles. The lowest BCUT2D eigenvalue weighted by Crippen LogP contribution is -2.14. The molecule has 1 aliphatic rings. The molecule has 4 heterocycles. The third-order valence-corrected chi connectivity index (χ3v) is 5.53. The number of pyridine rings is 3. The van der Waals surface area contributed by atoms with Gasteiger partial charge in [-0.3, -0.25) is 4.79 Å². The lowest BCUT2D eigenvalue weighted by molar-refractivity contribution is -0.117. The van der Waals surface area contributed by atoms with Gasteiger partial charge in [-0.1, -0.05) is 5.92 Å². The van der Waals surface area contributed by atoms with Crippen LogP contribution in [0.2, 0.25) is 0 Å². The van der Waals surface area contributed by atoms with Crippen LogP contribution in [0.1, 0.15) is 36.3 Å². The molecule has 2 N–H and O–H groups in total. The van der Waals surface area contributed by atoms with Crippen molar-refractivity contribution >= 4 is 39.3 Å². The van der Waals surface area contributed by atoms with Crippen LogP contribution < -0.4 is 10.6 Å². The van der Waals surface area contributed by atoms with Crippen LogP contribution in [-0.2, 0) is 11.8 Å². The lowest BCUT2D eigenvalue weighted by atomic mass is 10.1. The molecule has 10 heteroatoms. The number of anilines is 2. The zero-order chi connectivity index (χ0) is 23.1. The summed E-state index contributed by atoms with van der Waals surface area (Å²) in [6.45, 7) is 0. The molecule has 8 nitrogen and oxygen atoms in total. The largest absolute Gasteiger partial charge is 0.373 e. The van der Waals surface area contributed by atoms with Gasteiger partial charge in [0.1, 0.15) is 22.8 Å². The van der Waals surface area contributed by atoms with Crippen molar-refractivity contribution < 1.29 is 13.6 Å². The van der Waals surface area contributed by atoms with Crippen molar-refractivity contribution in [3.8, 4) is 11.8 Å². The first-order valence-electron chi connectivity index (χ1n) is 10.3. The van der Waals surface area contributed by atoms with Gasteiger partial charge in [0.25, 0.3) is 6.43 Å². The Hall–Kier alpha value is -4.13. The fraction of sp³-hybridized carbons (Fsp3) is 0.261. The number of aromatic nitrogens is 5. The number of imidazole rings is 1. The molecule has 5 rings (SSSR count). The van der Waals surface area contributed by atoms with Gasteiger partial charge in [0.15, 0.2) is 5.82 Å². The van der Waals surface area contributed by atoms with Crippen molar-refractivity contribution in [1.29, 1.82) is 0 Å². The van der Waals surface area contributed by atoms with Gasteiger partial charge < -0.3 is 15.2 Å². The van der Waals surface area contributed by atoms with E-state index in [2.05, 4.69) is 42.4 Å². The fourth-order valence-electron chi connectivity index (χ4n) is 3.59. The molecule has 1 fully saturated rings. The number of nitrogens with zero attached hydrogens (tertiary/aromatic N) is 5. The van der Waals surface area contributed by atoms with E-state index in [-0.39, 0.29) is 17.6 Å². The summed E-state index contributed by atoms with van der Waals surface area (Å²) >= 11 is 0. The smallest absolute Gasteiger partial charge is 0.295 e. The van der Waals surface area contributed by atoms with Gasteiger partial charge in [0.2, 0.25) is 5.91 Å². The molecular formula is C23H19F2N7O. The van der Waals surface area contributed by atoms with E-state index in [1.54, 1.807) is 31.6 Å². The van der Waals surface area contributed by atoms with Crippen molar-refractivity contribution in [3.63, 3.8) is 0 Å². The number of alkyl halides is 2. The Morgan fingerprint density at radius 2 is 1.94 bits per heavy atom. The van der Waals surface area contributed by atoms with Crippen LogP contribution in [0.15, 0.2) is 30.7 Å². The summed E-state index contributed by atoms with van der Waals surface area (Å²) < 4.78 is 27.6. The van der Waals surface area contributed by atoms with Gasteiger partial charge in [0.05, 0.1) is 17.3 Å². The molecule has 0 bridgehead atoms. The Bertz CT molecular complexity index is 1460. The SMILES string of the molecule is CNc1ncc(C#Cc2cc3c(cn2)nc(C(F)F)n3C)c2cc(NC(=O)C3CC3)ncc12. The van der Waals surface area contributed by atoms with Crippen molar-refractivity contribution in [1.82, 2.24) is 24.5 Å².